The fourth-order valence-corrected chi connectivity index (χ4v) is 1.98. The quantitative estimate of drug-likeness (QED) is 0.694. The van der Waals surface area contributed by atoms with E-state index < -0.39 is 0 Å². The number of imidazole rings is 1. The minimum Gasteiger partial charge on any atom is -0.495 e. The van der Waals surface area contributed by atoms with Crippen molar-refractivity contribution >= 4 is 16.7 Å². The Kier molecular flexibility index (Phi) is 2.59. The molecule has 1 aromatic heterocycles. The van der Waals surface area contributed by atoms with Gasteiger partial charge in [-0.1, -0.05) is 0 Å². The number of nitrogens with two attached hydrogens (primary N) is 1. The Balaban J connectivity index is 2.13. The lowest BCUT2D eigenvalue weighted by atomic mass is 10.2. The minimum absolute atomic E-state index is 0.294. The molecule has 0 radical (unpaired) electrons. The van der Waals surface area contributed by atoms with E-state index >= 15 is 0 Å². The molecule has 0 bridgehead atoms. The number of H-pyrrole nitrogens is 1. The van der Waals surface area contributed by atoms with Crippen LogP contribution in [-0.4, -0.2) is 17.1 Å². The summed E-state index contributed by atoms with van der Waals surface area (Å²) >= 11 is 0. The van der Waals surface area contributed by atoms with Crippen LogP contribution in [0.25, 0.3) is 22.4 Å². The van der Waals surface area contributed by atoms with Crippen molar-refractivity contribution in [1.82, 2.24) is 9.97 Å². The molecule has 3 N–H and O–H groups in total. The van der Waals surface area contributed by atoms with Crippen molar-refractivity contribution in [1.29, 1.82) is 0 Å². The second-order valence-corrected chi connectivity index (χ2v) is 4.20. The van der Waals surface area contributed by atoms with Gasteiger partial charge in [0.2, 0.25) is 0 Å². The molecule has 0 spiro atoms. The maximum atomic E-state index is 13.1. The van der Waals surface area contributed by atoms with Gasteiger partial charge in [0.1, 0.15) is 17.4 Å². The van der Waals surface area contributed by atoms with Gasteiger partial charge in [0.05, 0.1) is 23.8 Å². The molecule has 0 saturated heterocycles. The topological polar surface area (TPSA) is 63.9 Å². The monoisotopic (exact) mass is 257 g/mol. The van der Waals surface area contributed by atoms with E-state index in [1.165, 1.54) is 12.1 Å². The summed E-state index contributed by atoms with van der Waals surface area (Å²) in [5, 5.41) is 0. The molecule has 2 aromatic carbocycles. The number of aromatic nitrogens is 2. The maximum Gasteiger partial charge on any atom is 0.142 e. The summed E-state index contributed by atoms with van der Waals surface area (Å²) in [6.45, 7) is 0. The lowest BCUT2D eigenvalue weighted by molar-refractivity contribution is 0.417. The van der Waals surface area contributed by atoms with Crippen molar-refractivity contribution in [2.75, 3.05) is 12.8 Å². The highest BCUT2D eigenvalue weighted by Crippen LogP contribution is 2.28. The number of fused-ring (bicyclic) bond motifs is 1. The summed E-state index contributed by atoms with van der Waals surface area (Å²) in [4.78, 5) is 7.49. The molecule has 0 aliphatic carbocycles. The Morgan fingerprint density at radius 3 is 2.84 bits per heavy atom. The van der Waals surface area contributed by atoms with Gasteiger partial charge in [0, 0.05) is 5.56 Å². The number of methoxy groups -OCH3 is 1. The first-order chi connectivity index (χ1) is 9.17. The first kappa shape index (κ1) is 11.5. The highest BCUT2D eigenvalue weighted by molar-refractivity contribution is 5.80. The third-order valence-electron chi connectivity index (χ3n) is 2.95. The number of nitrogens with zero attached hydrogens (tertiary/aromatic N) is 1. The fraction of sp³-hybridized carbons (Fsp3) is 0.0714. The lowest BCUT2D eigenvalue weighted by Gasteiger charge is -2.05. The van der Waals surface area contributed by atoms with E-state index in [9.17, 15) is 4.39 Å². The number of aromatic amines is 1. The van der Waals surface area contributed by atoms with Crippen LogP contribution in [0.1, 0.15) is 0 Å². The van der Waals surface area contributed by atoms with Crippen molar-refractivity contribution in [3.05, 3.63) is 42.2 Å². The molecule has 0 saturated carbocycles. The summed E-state index contributed by atoms with van der Waals surface area (Å²) in [5.41, 5.74) is 8.54. The smallest absolute Gasteiger partial charge is 0.142 e. The van der Waals surface area contributed by atoms with Crippen molar-refractivity contribution < 1.29 is 9.13 Å². The molecule has 0 atom stereocenters. The third kappa shape index (κ3) is 1.99. The molecule has 0 aliphatic rings. The minimum atomic E-state index is -0.294. The maximum absolute atomic E-state index is 13.1. The van der Waals surface area contributed by atoms with Crippen LogP contribution in [0.2, 0.25) is 0 Å². The molecular formula is C14H12FN3O. The van der Waals surface area contributed by atoms with Crippen molar-refractivity contribution in [3.8, 4) is 17.1 Å². The standard InChI is InChI=1S/C14H12FN3O/c1-19-13-6-8(2-4-10(13)16)14-17-11-5-3-9(15)7-12(11)18-14/h2-7H,16H2,1H3,(H,17,18). The second kappa shape index (κ2) is 4.28. The predicted octanol–water partition coefficient (Wildman–Crippen LogP) is 2.96. The first-order valence-corrected chi connectivity index (χ1v) is 5.76. The van der Waals surface area contributed by atoms with Crippen LogP contribution in [0.15, 0.2) is 36.4 Å². The SMILES string of the molecule is COc1cc(-c2nc3ccc(F)cc3[nH]2)ccc1N. The number of hydrogen-bond acceptors (Lipinski definition) is 3. The summed E-state index contributed by atoms with van der Waals surface area (Å²) in [7, 11) is 1.56. The normalized spacial score (nSPS) is 10.8. The van der Waals surface area contributed by atoms with Gasteiger partial charge in [0.25, 0.3) is 0 Å². The molecule has 3 aromatic rings. The van der Waals surface area contributed by atoms with Crippen LogP contribution in [0.5, 0.6) is 5.75 Å². The van der Waals surface area contributed by atoms with E-state index in [2.05, 4.69) is 9.97 Å². The van der Waals surface area contributed by atoms with E-state index in [0.717, 1.165) is 5.56 Å². The highest BCUT2D eigenvalue weighted by Gasteiger charge is 2.08. The van der Waals surface area contributed by atoms with Gasteiger partial charge < -0.3 is 15.5 Å². The number of ether oxygens (including phenoxy) is 1. The van der Waals surface area contributed by atoms with E-state index in [1.54, 1.807) is 25.3 Å². The van der Waals surface area contributed by atoms with Crippen LogP contribution in [-0.2, 0) is 0 Å². The van der Waals surface area contributed by atoms with Gasteiger partial charge in [0.15, 0.2) is 0 Å². The van der Waals surface area contributed by atoms with E-state index in [4.69, 9.17) is 10.5 Å². The van der Waals surface area contributed by atoms with E-state index in [0.29, 0.717) is 28.3 Å². The van der Waals surface area contributed by atoms with Gasteiger partial charge in [-0.25, -0.2) is 9.37 Å². The molecule has 96 valence electrons. The molecule has 0 amide bonds. The van der Waals surface area contributed by atoms with Crippen LogP contribution in [0.3, 0.4) is 0 Å². The van der Waals surface area contributed by atoms with Gasteiger partial charge >= 0.3 is 0 Å². The van der Waals surface area contributed by atoms with Crippen LogP contribution < -0.4 is 10.5 Å². The molecular weight excluding hydrogens is 245 g/mol. The third-order valence-corrected chi connectivity index (χ3v) is 2.95. The fourth-order valence-electron chi connectivity index (χ4n) is 1.98. The predicted molar refractivity (Wildman–Crippen MR) is 72.5 cm³/mol. The Morgan fingerprint density at radius 2 is 2.05 bits per heavy atom. The molecule has 0 fully saturated rings. The molecule has 5 heteroatoms. The number of anilines is 1. The first-order valence-electron chi connectivity index (χ1n) is 5.76. The van der Waals surface area contributed by atoms with E-state index in [-0.39, 0.29) is 5.82 Å². The van der Waals surface area contributed by atoms with Gasteiger partial charge in [-0.2, -0.15) is 0 Å². The average Bonchev–Trinajstić information content (AvgIpc) is 2.82. The van der Waals surface area contributed by atoms with Gasteiger partial charge in [-0.05, 0) is 36.4 Å². The number of nitrogens with one attached hydrogen (secondary N) is 1. The largest absolute Gasteiger partial charge is 0.495 e. The number of halogens is 1. The molecule has 19 heavy (non-hydrogen) atoms. The molecule has 3 rings (SSSR count). The van der Waals surface area contributed by atoms with Crippen molar-refractivity contribution in [2.45, 2.75) is 0 Å². The number of rotatable bonds is 2. The number of hydrogen-bond donors (Lipinski definition) is 2. The van der Waals surface area contributed by atoms with Crippen molar-refractivity contribution in [2.24, 2.45) is 0 Å². The Hall–Kier alpha value is -2.56. The zero-order chi connectivity index (χ0) is 13.4. The highest BCUT2D eigenvalue weighted by atomic mass is 19.1. The lowest BCUT2D eigenvalue weighted by Crippen LogP contribution is -1.92. The van der Waals surface area contributed by atoms with Crippen LogP contribution >= 0.6 is 0 Å². The summed E-state index contributed by atoms with van der Waals surface area (Å²) in [6, 6.07) is 9.83. The zero-order valence-electron chi connectivity index (χ0n) is 10.3. The Labute approximate surface area is 109 Å². The van der Waals surface area contributed by atoms with E-state index in [1.807, 2.05) is 6.07 Å². The summed E-state index contributed by atoms with van der Waals surface area (Å²) in [6.07, 6.45) is 0. The van der Waals surface area contributed by atoms with Crippen molar-refractivity contribution in [3.63, 3.8) is 0 Å². The van der Waals surface area contributed by atoms with Crippen LogP contribution in [0, 0.1) is 5.82 Å². The molecule has 0 aliphatic heterocycles. The van der Waals surface area contributed by atoms with Gasteiger partial charge in [-0.3, -0.25) is 0 Å². The summed E-state index contributed by atoms with van der Waals surface area (Å²) < 4.78 is 18.3. The number of benzene rings is 2. The Bertz CT molecular complexity index is 752. The summed E-state index contributed by atoms with van der Waals surface area (Å²) in [5.74, 6) is 0.945. The Morgan fingerprint density at radius 1 is 1.21 bits per heavy atom. The average molecular weight is 257 g/mol. The molecule has 1 heterocycles. The molecule has 0 unspecified atom stereocenters. The second-order valence-electron chi connectivity index (χ2n) is 4.20. The number of nitrogen functional groups attached to an aromatic ring is 1. The van der Waals surface area contributed by atoms with Gasteiger partial charge in [-0.15, -0.1) is 0 Å². The van der Waals surface area contributed by atoms with Crippen LogP contribution in [0.4, 0.5) is 10.1 Å². The zero-order valence-corrected chi connectivity index (χ0v) is 10.3. The molecule has 4 nitrogen and oxygen atoms in total.